The summed E-state index contributed by atoms with van der Waals surface area (Å²) in [4.78, 5) is 0. The minimum Gasteiger partial charge on any atom is -0.491 e. The van der Waals surface area contributed by atoms with Gasteiger partial charge in [-0.2, -0.15) is 0 Å². The molecule has 0 aliphatic heterocycles. The summed E-state index contributed by atoms with van der Waals surface area (Å²) in [6, 6.07) is 5.61. The van der Waals surface area contributed by atoms with Gasteiger partial charge in [0.25, 0.3) is 0 Å². The van der Waals surface area contributed by atoms with Gasteiger partial charge in [-0.15, -0.1) is 5.10 Å². The Bertz CT molecular complexity index is 550. The lowest BCUT2D eigenvalue weighted by Gasteiger charge is -2.13. The van der Waals surface area contributed by atoms with Crippen LogP contribution < -0.4 is 10.5 Å². The number of para-hydroxylation sites is 1. The molecule has 0 unspecified atom stereocenters. The molecule has 1 aromatic heterocycles. The number of benzene rings is 1. The fourth-order valence-corrected chi connectivity index (χ4v) is 1.90. The zero-order valence-corrected chi connectivity index (χ0v) is 11.5. The van der Waals surface area contributed by atoms with Gasteiger partial charge in [0.2, 0.25) is 0 Å². The minimum atomic E-state index is 0.457. The summed E-state index contributed by atoms with van der Waals surface area (Å²) in [5, 5.41) is 11.9. The van der Waals surface area contributed by atoms with Crippen LogP contribution in [0.15, 0.2) is 18.2 Å². The maximum Gasteiger partial charge on any atom is 0.185 e. The van der Waals surface area contributed by atoms with Gasteiger partial charge >= 0.3 is 0 Å². The SMILES string of the molecule is CCOc1c(N)cccc1-c1nnnn1CC(C)C. The molecule has 2 N–H and O–H groups in total. The van der Waals surface area contributed by atoms with Gasteiger partial charge in [0, 0.05) is 6.54 Å². The van der Waals surface area contributed by atoms with Gasteiger partial charge in [0.15, 0.2) is 11.6 Å². The average molecular weight is 261 g/mol. The first kappa shape index (κ1) is 13.3. The van der Waals surface area contributed by atoms with Crippen molar-refractivity contribution in [2.75, 3.05) is 12.3 Å². The van der Waals surface area contributed by atoms with E-state index in [1.54, 1.807) is 4.68 Å². The first-order valence-electron chi connectivity index (χ1n) is 6.41. The Morgan fingerprint density at radius 1 is 1.37 bits per heavy atom. The van der Waals surface area contributed by atoms with E-state index in [9.17, 15) is 0 Å². The van der Waals surface area contributed by atoms with Crippen molar-refractivity contribution in [3.63, 3.8) is 0 Å². The zero-order valence-electron chi connectivity index (χ0n) is 11.5. The molecule has 0 atom stereocenters. The summed E-state index contributed by atoms with van der Waals surface area (Å²) in [5.74, 6) is 1.79. The van der Waals surface area contributed by atoms with Crippen molar-refractivity contribution in [1.29, 1.82) is 0 Å². The fourth-order valence-electron chi connectivity index (χ4n) is 1.90. The van der Waals surface area contributed by atoms with E-state index < -0.39 is 0 Å². The van der Waals surface area contributed by atoms with E-state index in [0.29, 0.717) is 29.8 Å². The van der Waals surface area contributed by atoms with Crippen LogP contribution >= 0.6 is 0 Å². The molecular formula is C13H19N5O. The van der Waals surface area contributed by atoms with Gasteiger partial charge in [-0.1, -0.05) is 19.9 Å². The van der Waals surface area contributed by atoms with Crippen LogP contribution in [-0.4, -0.2) is 26.8 Å². The van der Waals surface area contributed by atoms with Gasteiger partial charge in [-0.3, -0.25) is 0 Å². The van der Waals surface area contributed by atoms with Crippen LogP contribution in [0.2, 0.25) is 0 Å². The van der Waals surface area contributed by atoms with E-state index in [-0.39, 0.29) is 0 Å². The molecule has 0 fully saturated rings. The van der Waals surface area contributed by atoms with Crippen molar-refractivity contribution in [1.82, 2.24) is 20.2 Å². The number of nitrogens with zero attached hydrogens (tertiary/aromatic N) is 4. The molecule has 19 heavy (non-hydrogen) atoms. The van der Waals surface area contributed by atoms with Gasteiger partial charge in [0.1, 0.15) is 0 Å². The first-order valence-corrected chi connectivity index (χ1v) is 6.41. The van der Waals surface area contributed by atoms with Crippen LogP contribution in [-0.2, 0) is 6.54 Å². The molecule has 2 aromatic rings. The quantitative estimate of drug-likeness (QED) is 0.832. The maximum atomic E-state index is 5.96. The number of nitrogen functional groups attached to an aromatic ring is 1. The number of hydrogen-bond donors (Lipinski definition) is 1. The fraction of sp³-hybridized carbons (Fsp3) is 0.462. The Kier molecular flexibility index (Phi) is 3.99. The molecule has 0 radical (unpaired) electrons. The zero-order chi connectivity index (χ0) is 13.8. The van der Waals surface area contributed by atoms with Gasteiger partial charge in [-0.25, -0.2) is 4.68 Å². The van der Waals surface area contributed by atoms with Crippen molar-refractivity contribution < 1.29 is 4.74 Å². The smallest absolute Gasteiger partial charge is 0.185 e. The normalized spacial score (nSPS) is 10.9. The number of aromatic nitrogens is 4. The van der Waals surface area contributed by atoms with Crippen LogP contribution in [0.4, 0.5) is 5.69 Å². The highest BCUT2D eigenvalue weighted by Crippen LogP contribution is 2.33. The van der Waals surface area contributed by atoms with E-state index in [4.69, 9.17) is 10.5 Å². The van der Waals surface area contributed by atoms with E-state index in [1.165, 1.54) is 0 Å². The maximum absolute atomic E-state index is 5.96. The second-order valence-corrected chi connectivity index (χ2v) is 4.74. The van der Waals surface area contributed by atoms with Crippen LogP contribution in [0.3, 0.4) is 0 Å². The second-order valence-electron chi connectivity index (χ2n) is 4.74. The molecule has 1 heterocycles. The second kappa shape index (κ2) is 5.69. The van der Waals surface area contributed by atoms with Crippen molar-refractivity contribution in [2.24, 2.45) is 5.92 Å². The minimum absolute atomic E-state index is 0.457. The lowest BCUT2D eigenvalue weighted by molar-refractivity contribution is 0.343. The Morgan fingerprint density at radius 2 is 2.16 bits per heavy atom. The molecule has 0 aliphatic carbocycles. The molecule has 0 bridgehead atoms. The Labute approximate surface area is 112 Å². The van der Waals surface area contributed by atoms with Crippen molar-refractivity contribution in [3.05, 3.63) is 18.2 Å². The summed E-state index contributed by atoms with van der Waals surface area (Å²) in [6.45, 7) is 7.46. The molecule has 0 amide bonds. The Hall–Kier alpha value is -2.11. The van der Waals surface area contributed by atoms with Gasteiger partial charge < -0.3 is 10.5 Å². The molecule has 6 nitrogen and oxygen atoms in total. The lowest BCUT2D eigenvalue weighted by atomic mass is 10.1. The highest BCUT2D eigenvalue weighted by atomic mass is 16.5. The largest absolute Gasteiger partial charge is 0.491 e. The molecule has 6 heteroatoms. The molecule has 0 spiro atoms. The summed E-state index contributed by atoms with van der Waals surface area (Å²) < 4.78 is 7.40. The number of rotatable bonds is 5. The number of nitrogens with two attached hydrogens (primary N) is 1. The van der Waals surface area contributed by atoms with Crippen molar-refractivity contribution >= 4 is 5.69 Å². The van der Waals surface area contributed by atoms with Crippen LogP contribution in [0, 0.1) is 5.92 Å². The summed E-state index contributed by atoms with van der Waals surface area (Å²) in [7, 11) is 0. The summed E-state index contributed by atoms with van der Waals surface area (Å²) in [6.07, 6.45) is 0. The number of ether oxygens (including phenoxy) is 1. The molecule has 2 rings (SSSR count). The molecular weight excluding hydrogens is 242 g/mol. The Morgan fingerprint density at radius 3 is 2.84 bits per heavy atom. The van der Waals surface area contributed by atoms with E-state index in [1.807, 2.05) is 25.1 Å². The molecule has 0 saturated carbocycles. The topological polar surface area (TPSA) is 78.8 Å². The number of hydrogen-bond acceptors (Lipinski definition) is 5. The predicted octanol–water partition coefficient (Wildman–Crippen LogP) is 1.98. The van der Waals surface area contributed by atoms with Crippen molar-refractivity contribution in [2.45, 2.75) is 27.3 Å². The molecule has 1 aromatic carbocycles. The lowest BCUT2D eigenvalue weighted by Crippen LogP contribution is -2.09. The molecule has 0 aliphatic rings. The van der Waals surface area contributed by atoms with E-state index >= 15 is 0 Å². The van der Waals surface area contributed by atoms with E-state index in [2.05, 4.69) is 29.4 Å². The Balaban J connectivity index is 2.47. The summed E-state index contributed by atoms with van der Waals surface area (Å²) >= 11 is 0. The van der Waals surface area contributed by atoms with Gasteiger partial charge in [-0.05, 0) is 35.4 Å². The average Bonchev–Trinajstić information content (AvgIpc) is 2.79. The third-order valence-corrected chi connectivity index (χ3v) is 2.65. The molecule has 102 valence electrons. The highest BCUT2D eigenvalue weighted by Gasteiger charge is 2.16. The van der Waals surface area contributed by atoms with Crippen LogP contribution in [0.5, 0.6) is 5.75 Å². The predicted molar refractivity (Wildman–Crippen MR) is 73.7 cm³/mol. The van der Waals surface area contributed by atoms with Crippen LogP contribution in [0.1, 0.15) is 20.8 Å². The monoisotopic (exact) mass is 261 g/mol. The number of tetrazole rings is 1. The number of anilines is 1. The standard InChI is InChI=1S/C13H19N5O/c1-4-19-12-10(6-5-7-11(12)14)13-15-16-17-18(13)8-9(2)3/h5-7,9H,4,8,14H2,1-3H3. The molecule has 0 saturated heterocycles. The summed E-state index contributed by atoms with van der Waals surface area (Å²) in [5.41, 5.74) is 7.38. The first-order chi connectivity index (χ1) is 9.13. The van der Waals surface area contributed by atoms with Crippen LogP contribution in [0.25, 0.3) is 11.4 Å². The van der Waals surface area contributed by atoms with Crippen molar-refractivity contribution in [3.8, 4) is 17.1 Å². The van der Waals surface area contributed by atoms with E-state index in [0.717, 1.165) is 12.1 Å². The third kappa shape index (κ3) is 2.83. The third-order valence-electron chi connectivity index (χ3n) is 2.65. The van der Waals surface area contributed by atoms with Gasteiger partial charge in [0.05, 0.1) is 17.9 Å². The highest BCUT2D eigenvalue weighted by molar-refractivity contribution is 5.73.